The molecule has 0 bridgehead atoms. The van der Waals surface area contributed by atoms with Crippen LogP contribution in [0.5, 0.6) is 0 Å². The first-order valence-corrected chi connectivity index (χ1v) is 6.36. The van der Waals surface area contributed by atoms with Crippen molar-refractivity contribution in [2.45, 2.75) is 31.6 Å². The molecule has 98 valence electrons. The van der Waals surface area contributed by atoms with Crippen molar-refractivity contribution >= 4 is 17.3 Å². The van der Waals surface area contributed by atoms with E-state index < -0.39 is 10.3 Å². The summed E-state index contributed by atoms with van der Waals surface area (Å²) in [6, 6.07) is 6.27. The third-order valence-corrected chi connectivity index (χ3v) is 4.25. The lowest BCUT2D eigenvalue weighted by Gasteiger charge is -2.20. The Morgan fingerprint density at radius 2 is 1.89 bits per heavy atom. The highest BCUT2D eigenvalue weighted by Crippen LogP contribution is 2.63. The van der Waals surface area contributed by atoms with Gasteiger partial charge in [0.2, 0.25) is 0 Å². The zero-order valence-corrected chi connectivity index (χ0v) is 10.3. The van der Waals surface area contributed by atoms with E-state index in [-0.39, 0.29) is 23.2 Å². The number of rotatable bonds is 2. The van der Waals surface area contributed by atoms with Crippen molar-refractivity contribution in [1.82, 2.24) is 0 Å². The van der Waals surface area contributed by atoms with Crippen LogP contribution in [0.1, 0.15) is 37.2 Å². The number of ketones is 2. The van der Waals surface area contributed by atoms with Gasteiger partial charge in [0.05, 0.1) is 10.3 Å². The summed E-state index contributed by atoms with van der Waals surface area (Å²) in [5.74, 6) is -0.131. The maximum Gasteiger partial charge on any atom is 0.269 e. The van der Waals surface area contributed by atoms with E-state index in [4.69, 9.17) is 0 Å². The molecule has 5 heteroatoms. The molecule has 2 aliphatic rings. The molecule has 0 radical (unpaired) electrons. The van der Waals surface area contributed by atoms with Gasteiger partial charge in [-0.25, -0.2) is 0 Å². The highest BCUT2D eigenvalue weighted by Gasteiger charge is 2.65. The normalized spacial score (nSPS) is 24.5. The second-order valence-corrected chi connectivity index (χ2v) is 5.28. The molecule has 0 saturated heterocycles. The molecule has 1 aromatic rings. The fourth-order valence-corrected chi connectivity index (χ4v) is 3.15. The Morgan fingerprint density at radius 1 is 1.21 bits per heavy atom. The van der Waals surface area contributed by atoms with Gasteiger partial charge in [-0.15, -0.1) is 0 Å². The van der Waals surface area contributed by atoms with Gasteiger partial charge in [-0.1, -0.05) is 12.1 Å². The van der Waals surface area contributed by atoms with Crippen molar-refractivity contribution in [3.8, 4) is 0 Å². The van der Waals surface area contributed by atoms with E-state index in [1.54, 1.807) is 12.1 Å². The SMILES string of the molecule is O=C1CCCC(=O)C12CC2c1cccc([N+](=O)[O-])c1. The summed E-state index contributed by atoms with van der Waals surface area (Å²) in [4.78, 5) is 34.4. The Hall–Kier alpha value is -2.04. The highest BCUT2D eigenvalue weighted by molar-refractivity contribution is 6.13. The molecule has 0 amide bonds. The lowest BCUT2D eigenvalue weighted by molar-refractivity contribution is -0.384. The van der Waals surface area contributed by atoms with Gasteiger partial charge in [-0.3, -0.25) is 19.7 Å². The van der Waals surface area contributed by atoms with Crippen molar-refractivity contribution < 1.29 is 14.5 Å². The summed E-state index contributed by atoms with van der Waals surface area (Å²) < 4.78 is 0. The number of carbonyl (C=O) groups excluding carboxylic acids is 2. The Morgan fingerprint density at radius 3 is 2.53 bits per heavy atom. The van der Waals surface area contributed by atoms with Gasteiger partial charge in [0.15, 0.2) is 0 Å². The topological polar surface area (TPSA) is 77.3 Å². The van der Waals surface area contributed by atoms with E-state index in [0.29, 0.717) is 25.7 Å². The van der Waals surface area contributed by atoms with Crippen molar-refractivity contribution in [2.75, 3.05) is 0 Å². The first-order chi connectivity index (χ1) is 9.05. The maximum atomic E-state index is 12.0. The fraction of sp³-hybridized carbons (Fsp3) is 0.429. The number of Topliss-reactive ketones (excluding diaryl/α,β-unsaturated/α-hetero) is 2. The van der Waals surface area contributed by atoms with Gasteiger partial charge >= 0.3 is 0 Å². The first-order valence-electron chi connectivity index (χ1n) is 6.36. The lowest BCUT2D eigenvalue weighted by Crippen LogP contribution is -2.31. The smallest absolute Gasteiger partial charge is 0.269 e. The summed E-state index contributed by atoms with van der Waals surface area (Å²) in [7, 11) is 0. The molecule has 2 fully saturated rings. The molecule has 1 aromatic carbocycles. The van der Waals surface area contributed by atoms with Crippen LogP contribution in [-0.2, 0) is 9.59 Å². The van der Waals surface area contributed by atoms with Crippen LogP contribution < -0.4 is 0 Å². The Balaban J connectivity index is 1.93. The zero-order valence-electron chi connectivity index (χ0n) is 10.3. The van der Waals surface area contributed by atoms with E-state index in [9.17, 15) is 19.7 Å². The molecule has 0 aliphatic heterocycles. The largest absolute Gasteiger partial charge is 0.299 e. The summed E-state index contributed by atoms with van der Waals surface area (Å²) >= 11 is 0. The monoisotopic (exact) mass is 259 g/mol. The number of hydrogen-bond donors (Lipinski definition) is 0. The molecule has 1 atom stereocenters. The number of nitro groups is 1. The van der Waals surface area contributed by atoms with E-state index in [2.05, 4.69) is 0 Å². The van der Waals surface area contributed by atoms with Gasteiger partial charge in [0, 0.05) is 30.9 Å². The van der Waals surface area contributed by atoms with E-state index in [1.807, 2.05) is 0 Å². The van der Waals surface area contributed by atoms with Crippen LogP contribution in [0.4, 0.5) is 5.69 Å². The minimum atomic E-state index is -0.854. The predicted octanol–water partition coefficient (Wildman–Crippen LogP) is 2.39. The molecule has 3 rings (SSSR count). The summed E-state index contributed by atoms with van der Waals surface area (Å²) in [5, 5.41) is 10.8. The average Bonchev–Trinajstić information content (AvgIpc) is 3.13. The van der Waals surface area contributed by atoms with Crippen LogP contribution in [0.2, 0.25) is 0 Å². The standard InChI is InChI=1S/C14H13NO4/c16-12-5-2-6-13(17)14(12)8-11(14)9-3-1-4-10(7-9)15(18)19/h1,3-4,7,11H,2,5-6,8H2. The Kier molecular flexibility index (Phi) is 2.52. The molecule has 0 N–H and O–H groups in total. The highest BCUT2D eigenvalue weighted by atomic mass is 16.6. The summed E-state index contributed by atoms with van der Waals surface area (Å²) in [6.45, 7) is 0. The molecule has 0 aromatic heterocycles. The quantitative estimate of drug-likeness (QED) is 0.464. The second-order valence-electron chi connectivity index (χ2n) is 5.28. The third kappa shape index (κ3) is 1.69. The van der Waals surface area contributed by atoms with E-state index in [1.165, 1.54) is 12.1 Å². The fourth-order valence-electron chi connectivity index (χ4n) is 3.15. The number of carbonyl (C=O) groups is 2. The van der Waals surface area contributed by atoms with Crippen LogP contribution >= 0.6 is 0 Å². The van der Waals surface area contributed by atoms with Gasteiger partial charge in [-0.2, -0.15) is 0 Å². The molecule has 2 saturated carbocycles. The van der Waals surface area contributed by atoms with Crippen LogP contribution in [-0.4, -0.2) is 16.5 Å². The maximum absolute atomic E-state index is 12.0. The molecular formula is C14H13NO4. The lowest BCUT2D eigenvalue weighted by atomic mass is 9.81. The summed E-state index contributed by atoms with van der Waals surface area (Å²) in [5.41, 5.74) is -0.110. The van der Waals surface area contributed by atoms with Crippen LogP contribution in [0, 0.1) is 15.5 Å². The molecule has 1 spiro atoms. The number of nitro benzene ring substituents is 1. The van der Waals surface area contributed by atoms with Crippen LogP contribution in [0.3, 0.4) is 0 Å². The van der Waals surface area contributed by atoms with E-state index >= 15 is 0 Å². The van der Waals surface area contributed by atoms with Gasteiger partial charge < -0.3 is 0 Å². The van der Waals surface area contributed by atoms with Gasteiger partial charge in [0.1, 0.15) is 11.6 Å². The molecule has 0 heterocycles. The van der Waals surface area contributed by atoms with Crippen molar-refractivity contribution in [2.24, 2.45) is 5.41 Å². The first kappa shape index (κ1) is 12.0. The molecule has 1 unspecified atom stereocenters. The van der Waals surface area contributed by atoms with Crippen LogP contribution in [0.15, 0.2) is 24.3 Å². The van der Waals surface area contributed by atoms with Crippen molar-refractivity contribution in [3.05, 3.63) is 39.9 Å². The van der Waals surface area contributed by atoms with Gasteiger partial charge in [-0.05, 0) is 18.4 Å². The van der Waals surface area contributed by atoms with Gasteiger partial charge in [0.25, 0.3) is 5.69 Å². The number of non-ortho nitro benzene ring substituents is 1. The second kappa shape index (κ2) is 3.98. The van der Waals surface area contributed by atoms with Crippen molar-refractivity contribution in [1.29, 1.82) is 0 Å². The summed E-state index contributed by atoms with van der Waals surface area (Å²) in [6.07, 6.45) is 2.07. The third-order valence-electron chi connectivity index (χ3n) is 4.25. The Bertz CT molecular complexity index is 577. The number of benzene rings is 1. The predicted molar refractivity (Wildman–Crippen MR) is 66.8 cm³/mol. The molecule has 5 nitrogen and oxygen atoms in total. The zero-order chi connectivity index (χ0) is 13.6. The average molecular weight is 259 g/mol. The van der Waals surface area contributed by atoms with E-state index in [0.717, 1.165) is 5.56 Å². The molecule has 19 heavy (non-hydrogen) atoms. The Labute approximate surface area is 109 Å². The van der Waals surface area contributed by atoms with Crippen LogP contribution in [0.25, 0.3) is 0 Å². The number of hydrogen-bond acceptors (Lipinski definition) is 4. The molecular weight excluding hydrogens is 246 g/mol. The minimum Gasteiger partial charge on any atom is -0.299 e. The van der Waals surface area contributed by atoms with Crippen molar-refractivity contribution in [3.63, 3.8) is 0 Å². The minimum absolute atomic E-state index is 0.00950. The number of nitrogens with zero attached hydrogens (tertiary/aromatic N) is 1. The molecule has 2 aliphatic carbocycles.